The van der Waals surface area contributed by atoms with Crippen LogP contribution in [0.3, 0.4) is 0 Å². The number of hydrogen-bond acceptors (Lipinski definition) is 3. The average Bonchev–Trinajstić information content (AvgIpc) is 2.35. The number of carboxylic acids is 1. The van der Waals surface area contributed by atoms with Crippen LogP contribution in [0.15, 0.2) is 17.0 Å². The predicted octanol–water partition coefficient (Wildman–Crippen LogP) is 3.73. The Balaban J connectivity index is 3.36. The van der Waals surface area contributed by atoms with Crippen LogP contribution in [0.5, 0.6) is 5.75 Å². The molecule has 0 bridgehead atoms. The molecule has 1 aromatic rings. The molecule has 0 atom stereocenters. The lowest BCUT2D eigenvalue weighted by Crippen LogP contribution is -2.22. The Bertz CT molecular complexity index is 467. The maximum Gasteiger partial charge on any atom is 0.304 e. The standard InChI is InChI=1S/C15H22O3S/c1-6-10-7-12(18-4)11(8-13(10)19-5)15(2,3)9-14(16)17/h7-8H,6,9H2,1-5H3,(H,16,17). The first kappa shape index (κ1) is 15.9. The van der Waals surface area contributed by atoms with Crippen LogP contribution in [-0.4, -0.2) is 24.4 Å². The summed E-state index contributed by atoms with van der Waals surface area (Å²) in [5.74, 6) is -0.0155. The van der Waals surface area contributed by atoms with E-state index >= 15 is 0 Å². The van der Waals surface area contributed by atoms with Crippen LogP contribution in [-0.2, 0) is 16.6 Å². The highest BCUT2D eigenvalue weighted by molar-refractivity contribution is 7.98. The Morgan fingerprint density at radius 2 is 2.05 bits per heavy atom. The van der Waals surface area contributed by atoms with E-state index in [-0.39, 0.29) is 6.42 Å². The fraction of sp³-hybridized carbons (Fsp3) is 0.533. The molecule has 0 heterocycles. The van der Waals surface area contributed by atoms with Gasteiger partial charge in [-0.1, -0.05) is 20.8 Å². The Kier molecular flexibility index (Phi) is 5.29. The molecule has 106 valence electrons. The molecule has 0 aliphatic heterocycles. The van der Waals surface area contributed by atoms with E-state index in [1.807, 2.05) is 26.2 Å². The van der Waals surface area contributed by atoms with Crippen LogP contribution in [0.2, 0.25) is 0 Å². The van der Waals surface area contributed by atoms with Gasteiger partial charge in [0.15, 0.2) is 0 Å². The molecule has 0 aromatic heterocycles. The van der Waals surface area contributed by atoms with Gasteiger partial charge >= 0.3 is 5.97 Å². The molecule has 0 radical (unpaired) electrons. The lowest BCUT2D eigenvalue weighted by Gasteiger charge is -2.26. The second-order valence-corrected chi connectivity index (χ2v) is 6.02. The van der Waals surface area contributed by atoms with Crippen molar-refractivity contribution in [1.82, 2.24) is 0 Å². The first-order chi connectivity index (χ1) is 8.85. The zero-order valence-electron chi connectivity index (χ0n) is 12.2. The highest BCUT2D eigenvalue weighted by Gasteiger charge is 2.28. The molecule has 0 aliphatic rings. The summed E-state index contributed by atoms with van der Waals surface area (Å²) in [4.78, 5) is 12.2. The number of carbonyl (C=O) groups is 1. The summed E-state index contributed by atoms with van der Waals surface area (Å²) in [5.41, 5.74) is 1.74. The third kappa shape index (κ3) is 3.66. The molecule has 1 rings (SSSR count). The summed E-state index contributed by atoms with van der Waals surface area (Å²) in [6.45, 7) is 5.99. The van der Waals surface area contributed by atoms with Gasteiger partial charge in [-0.15, -0.1) is 11.8 Å². The first-order valence-corrected chi connectivity index (χ1v) is 7.55. The molecule has 0 fully saturated rings. The van der Waals surface area contributed by atoms with Gasteiger partial charge in [0.05, 0.1) is 13.5 Å². The zero-order valence-corrected chi connectivity index (χ0v) is 13.1. The van der Waals surface area contributed by atoms with Crippen LogP contribution < -0.4 is 4.74 Å². The minimum absolute atomic E-state index is 0.0860. The third-order valence-electron chi connectivity index (χ3n) is 3.31. The van der Waals surface area contributed by atoms with E-state index in [1.54, 1.807) is 18.9 Å². The zero-order chi connectivity index (χ0) is 14.6. The number of methoxy groups -OCH3 is 1. The monoisotopic (exact) mass is 282 g/mol. The number of benzene rings is 1. The fourth-order valence-electron chi connectivity index (χ4n) is 2.24. The van der Waals surface area contributed by atoms with E-state index in [4.69, 9.17) is 9.84 Å². The molecule has 1 aromatic carbocycles. The van der Waals surface area contributed by atoms with Crippen molar-refractivity contribution >= 4 is 17.7 Å². The van der Waals surface area contributed by atoms with Gasteiger partial charge in [-0.25, -0.2) is 0 Å². The largest absolute Gasteiger partial charge is 0.496 e. The fourth-order valence-corrected chi connectivity index (χ4v) is 2.94. The van der Waals surface area contributed by atoms with Crippen molar-refractivity contribution in [2.24, 2.45) is 0 Å². The van der Waals surface area contributed by atoms with Crippen LogP contribution in [0.25, 0.3) is 0 Å². The number of thioether (sulfide) groups is 1. The Hall–Kier alpha value is -1.16. The number of carboxylic acid groups (broad SMARTS) is 1. The number of hydrogen-bond donors (Lipinski definition) is 1. The molecule has 19 heavy (non-hydrogen) atoms. The molecule has 0 unspecified atom stereocenters. The normalized spacial score (nSPS) is 11.4. The first-order valence-electron chi connectivity index (χ1n) is 6.32. The van der Waals surface area contributed by atoms with Gasteiger partial charge in [0.1, 0.15) is 5.75 Å². The molecule has 3 nitrogen and oxygen atoms in total. The summed E-state index contributed by atoms with van der Waals surface area (Å²) in [5, 5.41) is 9.06. The molecular formula is C15H22O3S. The summed E-state index contributed by atoms with van der Waals surface area (Å²) in [7, 11) is 1.63. The maximum atomic E-state index is 11.0. The predicted molar refractivity (Wildman–Crippen MR) is 79.4 cm³/mol. The van der Waals surface area contributed by atoms with Crippen LogP contribution in [0.1, 0.15) is 38.3 Å². The summed E-state index contributed by atoms with van der Waals surface area (Å²) < 4.78 is 5.45. The third-order valence-corrected chi connectivity index (χ3v) is 4.13. The topological polar surface area (TPSA) is 46.5 Å². The molecule has 0 spiro atoms. The van der Waals surface area contributed by atoms with Crippen LogP contribution in [0.4, 0.5) is 0 Å². The van der Waals surface area contributed by atoms with Crippen LogP contribution in [0, 0.1) is 0 Å². The van der Waals surface area contributed by atoms with Crippen molar-refractivity contribution in [3.63, 3.8) is 0 Å². The molecular weight excluding hydrogens is 260 g/mol. The molecule has 0 saturated carbocycles. The number of aryl methyl sites for hydroxylation is 1. The summed E-state index contributed by atoms with van der Waals surface area (Å²) >= 11 is 1.69. The van der Waals surface area contributed by atoms with Gasteiger partial charge in [0, 0.05) is 15.9 Å². The average molecular weight is 282 g/mol. The molecule has 4 heteroatoms. The van der Waals surface area contributed by atoms with Gasteiger partial charge in [0.2, 0.25) is 0 Å². The van der Waals surface area contributed by atoms with Gasteiger partial charge in [0.25, 0.3) is 0 Å². The quantitative estimate of drug-likeness (QED) is 0.808. The second-order valence-electron chi connectivity index (χ2n) is 5.17. The van der Waals surface area contributed by atoms with E-state index in [9.17, 15) is 4.79 Å². The minimum Gasteiger partial charge on any atom is -0.496 e. The van der Waals surface area contributed by atoms with Gasteiger partial charge in [-0.05, 0) is 30.4 Å². The van der Waals surface area contributed by atoms with Crippen molar-refractivity contribution < 1.29 is 14.6 Å². The van der Waals surface area contributed by atoms with E-state index in [1.165, 1.54) is 10.5 Å². The van der Waals surface area contributed by atoms with E-state index < -0.39 is 11.4 Å². The Morgan fingerprint density at radius 3 is 2.47 bits per heavy atom. The van der Waals surface area contributed by atoms with Crippen molar-refractivity contribution in [3.05, 3.63) is 23.3 Å². The second kappa shape index (κ2) is 6.33. The van der Waals surface area contributed by atoms with Crippen LogP contribution >= 0.6 is 11.8 Å². The summed E-state index contributed by atoms with van der Waals surface area (Å²) in [6, 6.07) is 4.11. The molecule has 0 amide bonds. The number of aliphatic carboxylic acids is 1. The molecule has 0 saturated heterocycles. The van der Waals surface area contributed by atoms with Gasteiger partial charge < -0.3 is 9.84 Å². The number of rotatable bonds is 6. The van der Waals surface area contributed by atoms with Gasteiger partial charge in [-0.2, -0.15) is 0 Å². The smallest absolute Gasteiger partial charge is 0.304 e. The van der Waals surface area contributed by atoms with E-state index in [0.717, 1.165) is 17.7 Å². The van der Waals surface area contributed by atoms with Crippen molar-refractivity contribution in [1.29, 1.82) is 0 Å². The lowest BCUT2D eigenvalue weighted by atomic mass is 9.80. The minimum atomic E-state index is -0.794. The Morgan fingerprint density at radius 1 is 1.42 bits per heavy atom. The van der Waals surface area contributed by atoms with Crippen molar-refractivity contribution in [2.45, 2.75) is 43.9 Å². The summed E-state index contributed by atoms with van der Waals surface area (Å²) in [6.07, 6.45) is 3.06. The molecule has 0 aliphatic carbocycles. The highest BCUT2D eigenvalue weighted by Crippen LogP contribution is 2.38. The van der Waals surface area contributed by atoms with Crippen molar-refractivity contribution in [2.75, 3.05) is 13.4 Å². The highest BCUT2D eigenvalue weighted by atomic mass is 32.2. The van der Waals surface area contributed by atoms with E-state index in [0.29, 0.717) is 0 Å². The van der Waals surface area contributed by atoms with E-state index in [2.05, 4.69) is 13.0 Å². The number of ether oxygens (including phenoxy) is 1. The maximum absolute atomic E-state index is 11.0. The molecule has 1 N–H and O–H groups in total. The SMILES string of the molecule is CCc1cc(OC)c(C(C)(C)CC(=O)O)cc1SC. The Labute approximate surface area is 119 Å². The van der Waals surface area contributed by atoms with Crippen molar-refractivity contribution in [3.8, 4) is 5.75 Å². The lowest BCUT2D eigenvalue weighted by molar-refractivity contribution is -0.138. The van der Waals surface area contributed by atoms with Gasteiger partial charge in [-0.3, -0.25) is 4.79 Å².